The van der Waals surface area contributed by atoms with E-state index in [1.165, 1.54) is 24.3 Å². The van der Waals surface area contributed by atoms with Gasteiger partial charge in [-0.2, -0.15) is 0 Å². The van der Waals surface area contributed by atoms with Gasteiger partial charge in [0, 0.05) is 27.7 Å². The molecular weight excluding hydrogens is 343 g/mol. The highest BCUT2D eigenvalue weighted by Gasteiger charge is 2.19. The molecule has 0 bridgehead atoms. The average molecular weight is 358 g/mol. The van der Waals surface area contributed by atoms with Crippen molar-refractivity contribution in [2.45, 2.75) is 25.9 Å². The van der Waals surface area contributed by atoms with Crippen LogP contribution in [0.3, 0.4) is 0 Å². The molecule has 2 rings (SSSR count). The van der Waals surface area contributed by atoms with Crippen LogP contribution in [0.15, 0.2) is 40.9 Å². The number of hydrogen-bond acceptors (Lipinski definition) is 1. The molecule has 2 atom stereocenters. The predicted octanol–water partition coefficient (Wildman–Crippen LogP) is 5.28. The zero-order valence-electron chi connectivity index (χ0n) is 11.6. The summed E-state index contributed by atoms with van der Waals surface area (Å²) in [4.78, 5) is 0. The highest BCUT2D eigenvalue weighted by molar-refractivity contribution is 9.10. The summed E-state index contributed by atoms with van der Waals surface area (Å²) < 4.78 is 42.0. The van der Waals surface area contributed by atoms with Crippen molar-refractivity contribution in [1.29, 1.82) is 0 Å². The molecule has 0 saturated heterocycles. The van der Waals surface area contributed by atoms with Gasteiger partial charge in [-0.3, -0.25) is 0 Å². The van der Waals surface area contributed by atoms with Crippen molar-refractivity contribution in [3.63, 3.8) is 0 Å². The van der Waals surface area contributed by atoms with Crippen molar-refractivity contribution in [2.75, 3.05) is 0 Å². The molecule has 21 heavy (non-hydrogen) atoms. The normalized spacial score (nSPS) is 14.0. The van der Waals surface area contributed by atoms with E-state index in [0.29, 0.717) is 10.0 Å². The van der Waals surface area contributed by atoms with Crippen LogP contribution in [0.2, 0.25) is 0 Å². The highest BCUT2D eigenvalue weighted by Crippen LogP contribution is 2.26. The minimum atomic E-state index is -0.613. The van der Waals surface area contributed by atoms with Crippen molar-refractivity contribution < 1.29 is 13.2 Å². The van der Waals surface area contributed by atoms with Crippen LogP contribution in [0.1, 0.15) is 37.1 Å². The van der Waals surface area contributed by atoms with Gasteiger partial charge in [-0.25, -0.2) is 13.2 Å². The van der Waals surface area contributed by atoms with Crippen LogP contribution in [-0.2, 0) is 0 Å². The molecule has 0 aliphatic rings. The molecule has 112 valence electrons. The maximum atomic E-state index is 13.9. The molecule has 0 aliphatic carbocycles. The van der Waals surface area contributed by atoms with Gasteiger partial charge in [-0.1, -0.05) is 28.1 Å². The van der Waals surface area contributed by atoms with Crippen molar-refractivity contribution in [1.82, 2.24) is 5.32 Å². The Balaban J connectivity index is 2.21. The zero-order valence-corrected chi connectivity index (χ0v) is 13.2. The summed E-state index contributed by atoms with van der Waals surface area (Å²) in [5, 5.41) is 3.02. The van der Waals surface area contributed by atoms with Crippen LogP contribution in [-0.4, -0.2) is 0 Å². The molecular formula is C16H15BrF3N. The molecule has 0 fully saturated rings. The fraction of sp³-hybridized carbons (Fsp3) is 0.250. The summed E-state index contributed by atoms with van der Waals surface area (Å²) in [7, 11) is 0. The lowest BCUT2D eigenvalue weighted by Gasteiger charge is -2.22. The summed E-state index contributed by atoms with van der Waals surface area (Å²) in [6.07, 6.45) is 0. The predicted molar refractivity (Wildman–Crippen MR) is 80.4 cm³/mol. The van der Waals surface area contributed by atoms with Gasteiger partial charge in [-0.05, 0) is 38.1 Å². The number of halogens is 4. The summed E-state index contributed by atoms with van der Waals surface area (Å²) in [6.45, 7) is 3.40. The standard InChI is InChI=1S/C16H15BrF3N/c1-9(12-7-6-11(17)8-15(12)20)21-10(2)16-13(18)4-3-5-14(16)19/h3-10,21H,1-2H3. The number of benzene rings is 2. The molecule has 0 radical (unpaired) electrons. The lowest BCUT2D eigenvalue weighted by Crippen LogP contribution is -2.24. The molecule has 0 aliphatic heterocycles. The second kappa shape index (κ2) is 6.62. The number of nitrogens with one attached hydrogen (secondary N) is 1. The van der Waals surface area contributed by atoms with Crippen LogP contribution in [0.5, 0.6) is 0 Å². The van der Waals surface area contributed by atoms with E-state index < -0.39 is 17.7 Å². The van der Waals surface area contributed by atoms with Crippen molar-refractivity contribution in [2.24, 2.45) is 0 Å². The first-order valence-corrected chi connectivity index (χ1v) is 7.34. The Labute approximate surface area is 130 Å². The Morgan fingerprint density at radius 3 is 2.10 bits per heavy atom. The molecule has 2 aromatic carbocycles. The first-order valence-electron chi connectivity index (χ1n) is 6.55. The Morgan fingerprint density at radius 1 is 0.905 bits per heavy atom. The molecule has 0 saturated carbocycles. The smallest absolute Gasteiger partial charge is 0.130 e. The minimum Gasteiger partial charge on any atom is -0.303 e. The Hall–Kier alpha value is -1.33. The van der Waals surface area contributed by atoms with Crippen molar-refractivity contribution >= 4 is 15.9 Å². The van der Waals surface area contributed by atoms with E-state index in [1.807, 2.05) is 0 Å². The van der Waals surface area contributed by atoms with E-state index in [0.717, 1.165) is 0 Å². The molecule has 0 amide bonds. The number of hydrogen-bond donors (Lipinski definition) is 1. The molecule has 1 N–H and O–H groups in total. The maximum Gasteiger partial charge on any atom is 0.130 e. The Kier molecular flexibility index (Phi) is 5.06. The summed E-state index contributed by atoms with van der Waals surface area (Å²) >= 11 is 3.19. The van der Waals surface area contributed by atoms with Crippen LogP contribution in [0.4, 0.5) is 13.2 Å². The SMILES string of the molecule is CC(NC(C)c1c(F)cccc1F)c1ccc(Br)cc1F. The van der Waals surface area contributed by atoms with E-state index in [4.69, 9.17) is 0 Å². The van der Waals surface area contributed by atoms with Crippen LogP contribution >= 0.6 is 15.9 Å². The van der Waals surface area contributed by atoms with E-state index in [9.17, 15) is 13.2 Å². The maximum absolute atomic E-state index is 13.9. The van der Waals surface area contributed by atoms with Gasteiger partial charge in [0.05, 0.1) is 0 Å². The summed E-state index contributed by atoms with van der Waals surface area (Å²) in [6, 6.07) is 7.51. The van der Waals surface area contributed by atoms with Gasteiger partial charge in [0.2, 0.25) is 0 Å². The van der Waals surface area contributed by atoms with Gasteiger partial charge >= 0.3 is 0 Å². The Bertz CT molecular complexity index is 625. The van der Waals surface area contributed by atoms with Crippen molar-refractivity contribution in [3.8, 4) is 0 Å². The average Bonchev–Trinajstić information content (AvgIpc) is 2.37. The highest BCUT2D eigenvalue weighted by atomic mass is 79.9. The number of rotatable bonds is 4. The molecule has 2 unspecified atom stereocenters. The van der Waals surface area contributed by atoms with Gasteiger partial charge in [0.1, 0.15) is 17.5 Å². The third-order valence-electron chi connectivity index (χ3n) is 3.36. The summed E-state index contributed by atoms with van der Waals surface area (Å²) in [5.74, 6) is -1.59. The fourth-order valence-corrected chi connectivity index (χ4v) is 2.66. The van der Waals surface area contributed by atoms with Crippen LogP contribution < -0.4 is 5.32 Å². The monoisotopic (exact) mass is 357 g/mol. The Morgan fingerprint density at radius 2 is 1.52 bits per heavy atom. The quantitative estimate of drug-likeness (QED) is 0.784. The largest absolute Gasteiger partial charge is 0.303 e. The van der Waals surface area contributed by atoms with E-state index >= 15 is 0 Å². The van der Waals surface area contributed by atoms with Gasteiger partial charge in [0.15, 0.2) is 0 Å². The van der Waals surface area contributed by atoms with Crippen LogP contribution in [0.25, 0.3) is 0 Å². The van der Waals surface area contributed by atoms with E-state index in [2.05, 4.69) is 21.2 Å². The lowest BCUT2D eigenvalue weighted by molar-refractivity contribution is 0.439. The van der Waals surface area contributed by atoms with Gasteiger partial charge in [0.25, 0.3) is 0 Å². The molecule has 2 aromatic rings. The minimum absolute atomic E-state index is 0.0399. The molecule has 0 spiro atoms. The second-order valence-corrected chi connectivity index (χ2v) is 5.83. The third kappa shape index (κ3) is 3.66. The van der Waals surface area contributed by atoms with Crippen molar-refractivity contribution in [3.05, 3.63) is 69.4 Å². The topological polar surface area (TPSA) is 12.0 Å². The molecule has 1 nitrogen and oxygen atoms in total. The van der Waals surface area contributed by atoms with E-state index in [1.54, 1.807) is 26.0 Å². The first-order chi connectivity index (χ1) is 9.90. The molecule has 0 aromatic heterocycles. The van der Waals surface area contributed by atoms with Gasteiger partial charge in [-0.15, -0.1) is 0 Å². The molecule has 5 heteroatoms. The molecule has 0 heterocycles. The van der Waals surface area contributed by atoms with Crippen LogP contribution in [0, 0.1) is 17.5 Å². The van der Waals surface area contributed by atoms with Gasteiger partial charge < -0.3 is 5.32 Å². The van der Waals surface area contributed by atoms with E-state index in [-0.39, 0.29) is 17.4 Å². The summed E-state index contributed by atoms with van der Waals surface area (Å²) in [5.41, 5.74) is 0.406. The third-order valence-corrected chi connectivity index (χ3v) is 3.85. The second-order valence-electron chi connectivity index (χ2n) is 4.91. The first kappa shape index (κ1) is 16.0. The lowest BCUT2D eigenvalue weighted by atomic mass is 10.0. The zero-order chi connectivity index (χ0) is 15.6. The fourth-order valence-electron chi connectivity index (χ4n) is 2.33.